The highest BCUT2D eigenvalue weighted by molar-refractivity contribution is 7.12. The number of likely N-dealkylation sites (tertiary alicyclic amines) is 1. The molecular weight excluding hydrogens is 364 g/mol. The second kappa shape index (κ2) is 7.15. The van der Waals surface area contributed by atoms with Gasteiger partial charge in [-0.3, -0.25) is 9.59 Å². The molecule has 1 atom stereocenters. The molecule has 0 aliphatic carbocycles. The fourth-order valence-corrected chi connectivity index (χ4v) is 4.54. The monoisotopic (exact) mass is 384 g/mol. The molecule has 0 bridgehead atoms. The molecule has 6 nitrogen and oxygen atoms in total. The highest BCUT2D eigenvalue weighted by Gasteiger charge is 2.39. The van der Waals surface area contributed by atoms with Crippen LogP contribution in [0.25, 0.3) is 0 Å². The Labute approximate surface area is 161 Å². The van der Waals surface area contributed by atoms with Crippen molar-refractivity contribution in [1.82, 2.24) is 4.90 Å². The van der Waals surface area contributed by atoms with Gasteiger partial charge in [0.15, 0.2) is 0 Å². The van der Waals surface area contributed by atoms with Gasteiger partial charge in [0.05, 0.1) is 17.6 Å². The second-order valence-electron chi connectivity index (χ2n) is 6.71. The zero-order valence-corrected chi connectivity index (χ0v) is 15.8. The minimum Gasteiger partial charge on any atom is -0.465 e. The normalized spacial score (nSPS) is 18.5. The molecule has 1 aromatic heterocycles. The number of thiophene rings is 1. The predicted molar refractivity (Wildman–Crippen MR) is 102 cm³/mol. The van der Waals surface area contributed by atoms with E-state index in [1.165, 1.54) is 18.4 Å². The maximum atomic E-state index is 13.2. The van der Waals surface area contributed by atoms with Gasteiger partial charge in [-0.05, 0) is 54.5 Å². The third-order valence-electron chi connectivity index (χ3n) is 5.19. The van der Waals surface area contributed by atoms with Gasteiger partial charge in [-0.15, -0.1) is 11.3 Å². The van der Waals surface area contributed by atoms with E-state index in [-0.39, 0.29) is 17.8 Å². The van der Waals surface area contributed by atoms with Crippen LogP contribution in [0.5, 0.6) is 0 Å². The van der Waals surface area contributed by atoms with Crippen LogP contribution in [0.1, 0.15) is 38.4 Å². The molecule has 2 aliphatic heterocycles. The van der Waals surface area contributed by atoms with Crippen LogP contribution in [-0.4, -0.2) is 48.9 Å². The standard InChI is InChI=1S/C20H20N2O4S/c1-26-20(25)14-6-7-15-13(12-14)8-10-22(15)18(23)16-4-2-9-21(16)19(24)17-5-3-11-27-17/h3,5-7,11-12,16H,2,4,8-10H2,1H3/t16-/m0/s1. The van der Waals surface area contributed by atoms with Crippen molar-refractivity contribution < 1.29 is 19.1 Å². The highest BCUT2D eigenvalue weighted by atomic mass is 32.1. The van der Waals surface area contributed by atoms with E-state index in [0.29, 0.717) is 36.4 Å². The third kappa shape index (κ3) is 3.12. The fraction of sp³-hybridized carbons (Fsp3) is 0.350. The lowest BCUT2D eigenvalue weighted by molar-refractivity contribution is -0.122. The molecule has 2 amide bonds. The first kappa shape index (κ1) is 17.7. The summed E-state index contributed by atoms with van der Waals surface area (Å²) in [7, 11) is 1.35. The molecular formula is C20H20N2O4S. The number of carbonyl (C=O) groups is 3. The van der Waals surface area contributed by atoms with Gasteiger partial charge in [0.2, 0.25) is 5.91 Å². The van der Waals surface area contributed by atoms with E-state index < -0.39 is 6.04 Å². The van der Waals surface area contributed by atoms with Crippen LogP contribution >= 0.6 is 11.3 Å². The number of fused-ring (bicyclic) bond motifs is 1. The predicted octanol–water partition coefficient (Wildman–Crippen LogP) is 2.73. The molecule has 0 unspecified atom stereocenters. The van der Waals surface area contributed by atoms with E-state index >= 15 is 0 Å². The molecule has 1 fully saturated rings. The maximum absolute atomic E-state index is 13.2. The maximum Gasteiger partial charge on any atom is 0.337 e. The van der Waals surface area contributed by atoms with E-state index in [1.54, 1.807) is 34.1 Å². The molecule has 0 saturated carbocycles. The van der Waals surface area contributed by atoms with Crippen LogP contribution < -0.4 is 4.90 Å². The summed E-state index contributed by atoms with van der Waals surface area (Å²) >= 11 is 1.40. The molecule has 0 radical (unpaired) electrons. The number of nitrogens with zero attached hydrogens (tertiary/aromatic N) is 2. The van der Waals surface area contributed by atoms with Crippen molar-refractivity contribution in [1.29, 1.82) is 0 Å². The summed E-state index contributed by atoms with van der Waals surface area (Å²) in [6.07, 6.45) is 2.20. The first-order valence-corrected chi connectivity index (χ1v) is 9.85. The first-order chi connectivity index (χ1) is 13.1. The Kier molecular flexibility index (Phi) is 4.70. The first-order valence-electron chi connectivity index (χ1n) is 8.97. The van der Waals surface area contributed by atoms with Crippen molar-refractivity contribution in [3.63, 3.8) is 0 Å². The molecule has 1 saturated heterocycles. The minimum absolute atomic E-state index is 0.0398. The molecule has 0 N–H and O–H groups in total. The number of hydrogen-bond donors (Lipinski definition) is 0. The number of anilines is 1. The Morgan fingerprint density at radius 3 is 2.78 bits per heavy atom. The van der Waals surface area contributed by atoms with Crippen LogP contribution in [0, 0.1) is 0 Å². The molecule has 1 aromatic carbocycles. The number of amides is 2. The zero-order chi connectivity index (χ0) is 19.0. The summed E-state index contributed by atoms with van der Waals surface area (Å²) in [5.74, 6) is -0.491. The van der Waals surface area contributed by atoms with Crippen LogP contribution in [0.4, 0.5) is 5.69 Å². The lowest BCUT2D eigenvalue weighted by atomic mass is 10.1. The summed E-state index contributed by atoms with van der Waals surface area (Å²) in [4.78, 5) is 41.8. The van der Waals surface area contributed by atoms with Gasteiger partial charge in [-0.1, -0.05) is 6.07 Å². The molecule has 4 rings (SSSR count). The Morgan fingerprint density at radius 1 is 1.19 bits per heavy atom. The molecule has 140 valence electrons. The zero-order valence-electron chi connectivity index (χ0n) is 15.0. The van der Waals surface area contributed by atoms with Gasteiger partial charge in [0.25, 0.3) is 5.91 Å². The van der Waals surface area contributed by atoms with Crippen molar-refractivity contribution in [3.8, 4) is 0 Å². The van der Waals surface area contributed by atoms with E-state index in [0.717, 1.165) is 17.7 Å². The lowest BCUT2D eigenvalue weighted by Crippen LogP contribution is -2.47. The van der Waals surface area contributed by atoms with E-state index in [2.05, 4.69) is 0 Å². The Hall–Kier alpha value is -2.67. The van der Waals surface area contributed by atoms with Crippen molar-refractivity contribution in [2.24, 2.45) is 0 Å². The van der Waals surface area contributed by atoms with Gasteiger partial charge in [-0.2, -0.15) is 0 Å². The van der Waals surface area contributed by atoms with E-state index in [9.17, 15) is 14.4 Å². The van der Waals surface area contributed by atoms with Gasteiger partial charge in [0, 0.05) is 18.8 Å². The number of esters is 1. The van der Waals surface area contributed by atoms with Crippen LogP contribution in [0.15, 0.2) is 35.7 Å². The Morgan fingerprint density at radius 2 is 2.04 bits per heavy atom. The minimum atomic E-state index is -0.425. The fourth-order valence-electron chi connectivity index (χ4n) is 3.86. The topological polar surface area (TPSA) is 66.9 Å². The van der Waals surface area contributed by atoms with Crippen LogP contribution in [0.2, 0.25) is 0 Å². The average molecular weight is 384 g/mol. The van der Waals surface area contributed by atoms with Crippen LogP contribution in [0.3, 0.4) is 0 Å². The Bertz CT molecular complexity index is 893. The quantitative estimate of drug-likeness (QED) is 0.763. The molecule has 7 heteroatoms. The third-order valence-corrected chi connectivity index (χ3v) is 6.05. The van der Waals surface area contributed by atoms with E-state index in [1.807, 2.05) is 11.4 Å². The smallest absolute Gasteiger partial charge is 0.337 e. The van der Waals surface area contributed by atoms with Crippen molar-refractivity contribution in [3.05, 3.63) is 51.7 Å². The summed E-state index contributed by atoms with van der Waals surface area (Å²) < 4.78 is 4.76. The Balaban J connectivity index is 1.56. The van der Waals surface area contributed by atoms with Gasteiger partial charge in [-0.25, -0.2) is 4.79 Å². The SMILES string of the molecule is COC(=O)c1ccc2c(c1)CCN2C(=O)[C@@H]1CCCN1C(=O)c1cccs1. The number of hydrogen-bond acceptors (Lipinski definition) is 5. The number of ether oxygens (including phenoxy) is 1. The van der Waals surface area contributed by atoms with Crippen molar-refractivity contribution in [2.45, 2.75) is 25.3 Å². The summed E-state index contributed by atoms with van der Waals surface area (Å²) in [6, 6.07) is 8.49. The van der Waals surface area contributed by atoms with Gasteiger partial charge >= 0.3 is 5.97 Å². The largest absolute Gasteiger partial charge is 0.465 e. The van der Waals surface area contributed by atoms with Crippen molar-refractivity contribution in [2.75, 3.05) is 25.1 Å². The lowest BCUT2D eigenvalue weighted by Gasteiger charge is -2.28. The second-order valence-corrected chi connectivity index (χ2v) is 7.66. The highest BCUT2D eigenvalue weighted by Crippen LogP contribution is 2.32. The molecule has 2 aliphatic rings. The summed E-state index contributed by atoms with van der Waals surface area (Å²) in [5, 5.41) is 1.87. The summed E-state index contributed by atoms with van der Waals surface area (Å²) in [6.45, 7) is 1.17. The number of methoxy groups -OCH3 is 1. The molecule has 3 heterocycles. The van der Waals surface area contributed by atoms with E-state index in [4.69, 9.17) is 4.74 Å². The number of benzene rings is 1. The number of rotatable bonds is 3. The molecule has 2 aromatic rings. The van der Waals surface area contributed by atoms with Gasteiger partial charge < -0.3 is 14.5 Å². The summed E-state index contributed by atoms with van der Waals surface area (Å²) in [5.41, 5.74) is 2.27. The molecule has 27 heavy (non-hydrogen) atoms. The number of carbonyl (C=O) groups excluding carboxylic acids is 3. The van der Waals surface area contributed by atoms with Crippen molar-refractivity contribution >= 4 is 34.8 Å². The van der Waals surface area contributed by atoms with Gasteiger partial charge in [0.1, 0.15) is 6.04 Å². The molecule has 0 spiro atoms. The average Bonchev–Trinajstić information content (AvgIpc) is 3.45. The van der Waals surface area contributed by atoms with Crippen LogP contribution in [-0.2, 0) is 16.0 Å².